The molecule has 0 radical (unpaired) electrons. The van der Waals surface area contributed by atoms with Gasteiger partial charge in [0.1, 0.15) is 5.75 Å². The number of ether oxygens (including phenoxy) is 1. The Morgan fingerprint density at radius 2 is 1.80 bits per heavy atom. The molecule has 1 N–H and O–H groups in total. The molecule has 0 amide bonds. The molecule has 2 nitrogen and oxygen atoms in total. The predicted molar refractivity (Wildman–Crippen MR) is 71.8 cm³/mol. The summed E-state index contributed by atoms with van der Waals surface area (Å²) in [5, 5.41) is 3.13. The van der Waals surface area contributed by atoms with Crippen molar-refractivity contribution < 1.29 is 17.9 Å². The van der Waals surface area contributed by atoms with Crippen LogP contribution in [0.5, 0.6) is 5.75 Å². The van der Waals surface area contributed by atoms with Gasteiger partial charge in [0, 0.05) is 15.9 Å². The van der Waals surface area contributed by atoms with Gasteiger partial charge in [0.15, 0.2) is 0 Å². The van der Waals surface area contributed by atoms with Crippen LogP contribution in [0.3, 0.4) is 0 Å². The second kappa shape index (κ2) is 4.63. The second-order valence-corrected chi connectivity index (χ2v) is 5.38. The molecule has 2 aromatic rings. The van der Waals surface area contributed by atoms with Gasteiger partial charge in [-0.15, -0.1) is 0 Å². The quantitative estimate of drug-likeness (QED) is 0.688. The molecule has 0 fully saturated rings. The molecule has 2 aromatic carbocycles. The van der Waals surface area contributed by atoms with Crippen LogP contribution in [0.4, 0.5) is 24.5 Å². The van der Waals surface area contributed by atoms with Crippen molar-refractivity contribution in [3.63, 3.8) is 0 Å². The normalized spacial score (nSPS) is 13.2. The van der Waals surface area contributed by atoms with E-state index in [-0.39, 0.29) is 0 Å². The maximum atomic E-state index is 12.7. The van der Waals surface area contributed by atoms with E-state index in [2.05, 4.69) is 5.32 Å². The Kier molecular flexibility index (Phi) is 3.05. The Bertz CT molecular complexity index is 670. The minimum absolute atomic E-state index is 0.567. The number of halogens is 3. The van der Waals surface area contributed by atoms with Crippen LogP contribution in [0, 0.1) is 0 Å². The topological polar surface area (TPSA) is 21.3 Å². The molecule has 3 rings (SSSR count). The highest BCUT2D eigenvalue weighted by atomic mass is 32.2. The van der Waals surface area contributed by atoms with Crippen molar-refractivity contribution in [3.05, 3.63) is 42.0 Å². The Labute approximate surface area is 117 Å². The monoisotopic (exact) mass is 297 g/mol. The number of anilines is 2. The van der Waals surface area contributed by atoms with Gasteiger partial charge in [-0.1, -0.05) is 11.8 Å². The van der Waals surface area contributed by atoms with Gasteiger partial charge < -0.3 is 10.1 Å². The van der Waals surface area contributed by atoms with Gasteiger partial charge in [-0.3, -0.25) is 0 Å². The number of benzene rings is 2. The standard InChI is InChI=1S/C14H10F3NOS/c1-19-9-3-5-12-11(7-9)18-10-4-2-8(14(15,16)17)6-13(10)20-12/h2-7,18H,1H3. The highest BCUT2D eigenvalue weighted by molar-refractivity contribution is 7.99. The highest BCUT2D eigenvalue weighted by Gasteiger charge is 2.31. The Morgan fingerprint density at radius 3 is 2.50 bits per heavy atom. The van der Waals surface area contributed by atoms with Crippen LogP contribution >= 0.6 is 11.8 Å². The second-order valence-electron chi connectivity index (χ2n) is 4.30. The minimum atomic E-state index is -4.32. The molecule has 6 heteroatoms. The van der Waals surface area contributed by atoms with E-state index in [1.807, 2.05) is 12.1 Å². The third kappa shape index (κ3) is 2.31. The molecule has 20 heavy (non-hydrogen) atoms. The van der Waals surface area contributed by atoms with Gasteiger partial charge in [0.05, 0.1) is 24.0 Å². The highest BCUT2D eigenvalue weighted by Crippen LogP contribution is 2.46. The lowest BCUT2D eigenvalue weighted by atomic mass is 10.2. The Balaban J connectivity index is 1.99. The lowest BCUT2D eigenvalue weighted by Crippen LogP contribution is -2.07. The fourth-order valence-corrected chi connectivity index (χ4v) is 2.98. The maximum Gasteiger partial charge on any atom is 0.416 e. The summed E-state index contributed by atoms with van der Waals surface area (Å²) < 4.78 is 43.3. The number of nitrogens with one attached hydrogen (secondary N) is 1. The summed E-state index contributed by atoms with van der Waals surface area (Å²) in [5.41, 5.74) is 0.868. The lowest BCUT2D eigenvalue weighted by Gasteiger charge is -2.22. The van der Waals surface area contributed by atoms with Crippen molar-refractivity contribution >= 4 is 23.1 Å². The van der Waals surface area contributed by atoms with Crippen LogP contribution in [0.2, 0.25) is 0 Å². The van der Waals surface area contributed by atoms with Gasteiger partial charge in [0.25, 0.3) is 0 Å². The molecule has 1 aliphatic heterocycles. The van der Waals surface area contributed by atoms with Crippen LogP contribution in [0.15, 0.2) is 46.2 Å². The molecule has 0 bridgehead atoms. The number of rotatable bonds is 1. The maximum absolute atomic E-state index is 12.7. The molecule has 104 valence electrons. The number of alkyl halides is 3. The minimum Gasteiger partial charge on any atom is -0.497 e. The van der Waals surface area contributed by atoms with Crippen molar-refractivity contribution in [3.8, 4) is 5.75 Å². The molecular weight excluding hydrogens is 287 g/mol. The zero-order valence-corrected chi connectivity index (χ0v) is 11.2. The van der Waals surface area contributed by atoms with Gasteiger partial charge in [-0.25, -0.2) is 0 Å². The smallest absolute Gasteiger partial charge is 0.416 e. The molecule has 0 spiro atoms. The molecule has 0 aromatic heterocycles. The summed E-state index contributed by atoms with van der Waals surface area (Å²) in [7, 11) is 1.57. The van der Waals surface area contributed by atoms with Gasteiger partial charge in [-0.2, -0.15) is 13.2 Å². The first-order chi connectivity index (χ1) is 9.47. The summed E-state index contributed by atoms with van der Waals surface area (Å²) in [6.07, 6.45) is -4.32. The van der Waals surface area contributed by atoms with E-state index in [1.54, 1.807) is 13.2 Å². The summed E-state index contributed by atoms with van der Waals surface area (Å²) in [6.45, 7) is 0. The third-order valence-electron chi connectivity index (χ3n) is 2.98. The molecule has 1 heterocycles. The molecule has 1 aliphatic rings. The van der Waals surface area contributed by atoms with E-state index in [0.29, 0.717) is 16.3 Å². The summed E-state index contributed by atoms with van der Waals surface area (Å²) in [6, 6.07) is 9.13. The van der Waals surface area contributed by atoms with E-state index >= 15 is 0 Å². The van der Waals surface area contributed by atoms with Crippen LogP contribution in [0.25, 0.3) is 0 Å². The summed E-state index contributed by atoms with van der Waals surface area (Å²) in [5.74, 6) is 0.701. The fraction of sp³-hybridized carbons (Fsp3) is 0.143. The van der Waals surface area contributed by atoms with Crippen molar-refractivity contribution in [2.24, 2.45) is 0 Å². The van der Waals surface area contributed by atoms with Crippen molar-refractivity contribution in [1.82, 2.24) is 0 Å². The summed E-state index contributed by atoms with van der Waals surface area (Å²) >= 11 is 1.31. The predicted octanol–water partition coefficient (Wildman–Crippen LogP) is 4.92. The van der Waals surface area contributed by atoms with Crippen LogP contribution in [-0.4, -0.2) is 7.11 Å². The molecule has 0 atom stereocenters. The number of hydrogen-bond acceptors (Lipinski definition) is 3. The van der Waals surface area contributed by atoms with E-state index in [4.69, 9.17) is 4.74 Å². The average molecular weight is 297 g/mol. The van der Waals surface area contributed by atoms with Crippen LogP contribution in [-0.2, 0) is 6.18 Å². The number of fused-ring (bicyclic) bond motifs is 2. The average Bonchev–Trinajstić information content (AvgIpc) is 2.42. The zero-order chi connectivity index (χ0) is 14.3. The molecule has 0 unspecified atom stereocenters. The van der Waals surface area contributed by atoms with E-state index < -0.39 is 11.7 Å². The van der Waals surface area contributed by atoms with Crippen molar-refractivity contribution in [2.45, 2.75) is 16.0 Å². The first kappa shape index (κ1) is 13.2. The lowest BCUT2D eigenvalue weighted by molar-refractivity contribution is -0.137. The first-order valence-electron chi connectivity index (χ1n) is 5.81. The van der Waals surface area contributed by atoms with Gasteiger partial charge in [0.2, 0.25) is 0 Å². The van der Waals surface area contributed by atoms with E-state index in [1.165, 1.54) is 23.9 Å². The Hall–Kier alpha value is -1.82. The number of methoxy groups -OCH3 is 1. The van der Waals surface area contributed by atoms with Crippen LogP contribution in [0.1, 0.15) is 5.56 Å². The SMILES string of the molecule is COc1ccc2c(c1)Nc1ccc(C(F)(F)F)cc1S2. The van der Waals surface area contributed by atoms with E-state index in [9.17, 15) is 13.2 Å². The molecule has 0 saturated carbocycles. The van der Waals surface area contributed by atoms with Crippen LogP contribution < -0.4 is 10.1 Å². The van der Waals surface area contributed by atoms with Gasteiger partial charge >= 0.3 is 6.18 Å². The first-order valence-corrected chi connectivity index (χ1v) is 6.63. The Morgan fingerprint density at radius 1 is 1.00 bits per heavy atom. The van der Waals surface area contributed by atoms with Crippen molar-refractivity contribution in [2.75, 3.05) is 12.4 Å². The van der Waals surface area contributed by atoms with Gasteiger partial charge in [-0.05, 0) is 30.3 Å². The zero-order valence-electron chi connectivity index (χ0n) is 10.4. The fourth-order valence-electron chi connectivity index (χ4n) is 1.97. The molecule has 0 aliphatic carbocycles. The van der Waals surface area contributed by atoms with E-state index in [0.717, 1.165) is 16.6 Å². The number of hydrogen-bond donors (Lipinski definition) is 1. The summed E-state index contributed by atoms with van der Waals surface area (Å²) in [4.78, 5) is 1.44. The third-order valence-corrected chi connectivity index (χ3v) is 4.12. The molecular formula is C14H10F3NOS. The molecule has 0 saturated heterocycles. The largest absolute Gasteiger partial charge is 0.497 e. The van der Waals surface area contributed by atoms with Crippen molar-refractivity contribution in [1.29, 1.82) is 0 Å².